The van der Waals surface area contributed by atoms with Crippen LogP contribution in [0.2, 0.25) is 0 Å². The molecule has 0 spiro atoms. The zero-order valence-corrected chi connectivity index (χ0v) is 44.2. The second-order valence-electron chi connectivity index (χ2n) is 22.5. The van der Waals surface area contributed by atoms with Gasteiger partial charge in [-0.15, -0.1) is 0 Å². The monoisotopic (exact) mass is 1060 g/mol. The quantitative estimate of drug-likeness (QED) is 0.104. The molecule has 23 atom stereocenters. The van der Waals surface area contributed by atoms with Gasteiger partial charge in [0.05, 0.1) is 47.5 Å². The maximum absolute atomic E-state index is 15.3. The number of nitrogens with zero attached hydrogens (tertiary/aromatic N) is 1. The molecule has 0 amide bonds. The van der Waals surface area contributed by atoms with Gasteiger partial charge in [0, 0.05) is 50.0 Å². The van der Waals surface area contributed by atoms with Crippen LogP contribution >= 0.6 is 0 Å². The summed E-state index contributed by atoms with van der Waals surface area (Å²) in [5.41, 5.74) is -9.36. The predicted octanol–water partition coefficient (Wildman–Crippen LogP) is -1.02. The van der Waals surface area contributed by atoms with E-state index < -0.39 is 160 Å². The maximum Gasteiger partial charge on any atom is 0.228 e. The summed E-state index contributed by atoms with van der Waals surface area (Å²) in [6.07, 6.45) is -20.9. The van der Waals surface area contributed by atoms with Crippen LogP contribution in [0.1, 0.15) is 116 Å². The Balaban J connectivity index is 1.08. The van der Waals surface area contributed by atoms with Crippen LogP contribution < -0.4 is 9.96 Å². The van der Waals surface area contributed by atoms with E-state index in [1.165, 1.54) is 75.0 Å². The van der Waals surface area contributed by atoms with Crippen molar-refractivity contribution in [3.05, 3.63) is 62.4 Å². The summed E-state index contributed by atoms with van der Waals surface area (Å²) in [7, 11) is 7.28. The maximum atomic E-state index is 15.3. The van der Waals surface area contributed by atoms with Crippen molar-refractivity contribution in [2.24, 2.45) is 0 Å². The minimum Gasteiger partial charge on any atom is -0.600 e. The first kappa shape index (κ1) is 56.3. The van der Waals surface area contributed by atoms with E-state index in [0.29, 0.717) is 0 Å². The van der Waals surface area contributed by atoms with Crippen molar-refractivity contribution in [3.63, 3.8) is 0 Å². The lowest BCUT2D eigenvalue weighted by atomic mass is 9.71. The van der Waals surface area contributed by atoms with Gasteiger partial charge in [-0.25, -0.2) is 10.4 Å². The fraction of sp³-hybridized carbons (Fsp3) is 0.725. The van der Waals surface area contributed by atoms with Crippen molar-refractivity contribution in [1.82, 2.24) is 4.90 Å². The summed E-state index contributed by atoms with van der Waals surface area (Å²) in [6.45, 7) is 11.9. The summed E-state index contributed by atoms with van der Waals surface area (Å²) in [6, 6.07) is 3.44. The van der Waals surface area contributed by atoms with Crippen LogP contribution in [0.25, 0.3) is 0 Å². The zero-order chi connectivity index (χ0) is 55.1. The van der Waals surface area contributed by atoms with Gasteiger partial charge in [0.2, 0.25) is 12.1 Å². The molecule has 5 heterocycles. The highest BCUT2D eigenvalue weighted by atomic mass is 16.8. The third-order valence-corrected chi connectivity index (χ3v) is 17.0. The lowest BCUT2D eigenvalue weighted by Gasteiger charge is -2.57. The van der Waals surface area contributed by atoms with E-state index in [9.17, 15) is 51.0 Å². The summed E-state index contributed by atoms with van der Waals surface area (Å²) in [5.74, 6) is -2.33. The number of aromatic hydroxyl groups is 1. The standard InChI is InChI=1S/C51H72N2O22/c1-19-37(58)49(6,61)42(66-12)45(69-19)73-36-27-22(17-48(5,60)41(36)65-11)16-24-28(32(27)55)33(56)29-23(31(24)54)14-15-25-35(29)72-44-34(57)30(52(9)10)40(51(25,8)75-44)71-26-18-47(4,53(63)64)39(21(3)68-26)74-46-43(67-13)50(7,62)38(59)20(2)70-46/h14-16,19-21,26,30,34,36-46,53,55,57-63H,17-18H2,1-13H3/t19-,20+,21+,26+,30-,34-,36+,37-,38+,39+,40-,41-,42+,43-,44-,45+,46-,47+,48+,49+,50-,51-/m0/s1. The van der Waals surface area contributed by atoms with Gasteiger partial charge in [0.1, 0.15) is 83.2 Å². The molecule has 75 heavy (non-hydrogen) atoms. The molecule has 0 aromatic heterocycles. The molecule has 2 aromatic rings. The molecular weight excluding hydrogens is 993 g/mol. The average Bonchev–Trinajstić information content (AvgIpc) is 3.31. The van der Waals surface area contributed by atoms with Gasteiger partial charge in [-0.3, -0.25) is 9.59 Å². The summed E-state index contributed by atoms with van der Waals surface area (Å²) in [4.78, 5) is 31.8. The van der Waals surface area contributed by atoms with Crippen molar-refractivity contribution in [1.29, 1.82) is 0 Å². The Morgan fingerprint density at radius 2 is 1.31 bits per heavy atom. The summed E-state index contributed by atoms with van der Waals surface area (Å²) in [5, 5.41) is 104. The largest absolute Gasteiger partial charge is 0.600 e. The Morgan fingerprint density at radius 3 is 1.85 bits per heavy atom. The van der Waals surface area contributed by atoms with Gasteiger partial charge in [0.15, 0.2) is 30.2 Å². The molecule has 2 bridgehead atoms. The Kier molecular flexibility index (Phi) is 14.6. The smallest absolute Gasteiger partial charge is 0.228 e. The minimum atomic E-state index is -1.90. The number of nitrogens with one attached hydrogen (secondary N) is 1. The van der Waals surface area contributed by atoms with E-state index in [2.05, 4.69) is 0 Å². The second-order valence-corrected chi connectivity index (χ2v) is 22.5. The van der Waals surface area contributed by atoms with Crippen molar-refractivity contribution >= 4 is 11.6 Å². The third-order valence-electron chi connectivity index (χ3n) is 17.0. The van der Waals surface area contributed by atoms with Crippen molar-refractivity contribution in [2.75, 3.05) is 35.4 Å². The number of likely N-dealkylation sites (N-methyl/N-ethyl adjacent to an activating group) is 1. The first-order valence-electron chi connectivity index (χ1n) is 25.0. The van der Waals surface area contributed by atoms with Crippen LogP contribution in [0.4, 0.5) is 0 Å². The molecule has 0 saturated carbocycles. The number of ketones is 2. The number of fused-ring (bicyclic) bond motifs is 8. The van der Waals surface area contributed by atoms with Crippen molar-refractivity contribution in [2.45, 2.75) is 201 Å². The van der Waals surface area contributed by atoms with Gasteiger partial charge in [-0.2, -0.15) is 0 Å². The van der Waals surface area contributed by atoms with E-state index >= 15 is 4.79 Å². The predicted molar refractivity (Wildman–Crippen MR) is 253 cm³/mol. The molecule has 9 N–H and O–H groups in total. The number of phenols is 1. The fourth-order valence-corrected chi connectivity index (χ4v) is 12.9. The number of ether oxygens (including phenoxy) is 11. The molecule has 2 aliphatic carbocycles. The molecule has 1 unspecified atom stereocenters. The number of benzene rings is 2. The Hall–Kier alpha value is -3.42. The van der Waals surface area contributed by atoms with Gasteiger partial charge in [0.25, 0.3) is 0 Å². The van der Waals surface area contributed by atoms with Gasteiger partial charge in [-0.1, -0.05) is 6.07 Å². The average molecular weight is 1070 g/mol. The molecule has 7 aliphatic rings. The van der Waals surface area contributed by atoms with Crippen LogP contribution in [0.15, 0.2) is 18.2 Å². The highest BCUT2D eigenvalue weighted by Crippen LogP contribution is 2.55. The van der Waals surface area contributed by atoms with Crippen molar-refractivity contribution in [3.8, 4) is 11.5 Å². The first-order chi connectivity index (χ1) is 34.9. The summed E-state index contributed by atoms with van der Waals surface area (Å²) >= 11 is 0. The lowest BCUT2D eigenvalue weighted by Crippen LogP contribution is -3.16. The third kappa shape index (κ3) is 8.59. The SMILES string of the molecule is CO[C@@H]1[C@@H](O[C@@H]2c3c(cc4c(c3O)C(=O)c3c(ccc5c3O[C@H]3O[C@]5(C)[C@@H](O[C@@H]5C[C@@](C)([NH+]([O-])O)[C@H](O[C@@H]6O[C@H](C)[C@@H](O)[C@](C)(O)[C@H]6OC)[C@@H](C)O5)[C@@H](N(C)C)[C@@H]3O)C4=O)C[C@@](C)(O)[C@H]2OC)O[C@@H](C)[C@H](O)[C@@]1(C)O. The van der Waals surface area contributed by atoms with Gasteiger partial charge >= 0.3 is 0 Å². The fourth-order valence-electron chi connectivity index (χ4n) is 12.9. The van der Waals surface area contributed by atoms with Crippen molar-refractivity contribution < 1.29 is 108 Å². The number of methoxy groups -OCH3 is 3. The van der Waals surface area contributed by atoms with Gasteiger partial charge in [-0.05, 0) is 87.2 Å². The van der Waals surface area contributed by atoms with E-state index in [1.54, 1.807) is 38.9 Å². The molecular formula is C51H72N2O22. The van der Waals surface area contributed by atoms with Crippen LogP contribution in [-0.4, -0.2) is 214 Å². The van der Waals surface area contributed by atoms with Crippen LogP contribution in [0.5, 0.6) is 11.5 Å². The van der Waals surface area contributed by atoms with Crippen LogP contribution in [-0.2, 0) is 59.4 Å². The molecule has 2 aromatic carbocycles. The molecule has 5 aliphatic heterocycles. The van der Waals surface area contributed by atoms with E-state index in [0.717, 1.165) is 0 Å². The number of aliphatic hydroxyl groups excluding tert-OH is 3. The Morgan fingerprint density at radius 1 is 0.733 bits per heavy atom. The molecule has 418 valence electrons. The highest BCUT2D eigenvalue weighted by molar-refractivity contribution is 6.30. The number of rotatable bonds is 11. The highest BCUT2D eigenvalue weighted by Gasteiger charge is 2.64. The molecule has 24 nitrogen and oxygen atoms in total. The number of carbonyl (C=O) groups excluding carboxylic acids is 2. The molecule has 9 rings (SSSR count). The van der Waals surface area contributed by atoms with Gasteiger partial charge < -0.3 is 98.0 Å². The number of carbonyl (C=O) groups is 2. The molecule has 24 heteroatoms. The number of hydrogen-bond donors (Lipinski definition) is 9. The number of quaternary nitrogens is 1. The van der Waals surface area contributed by atoms with E-state index in [-0.39, 0.29) is 52.0 Å². The first-order valence-corrected chi connectivity index (χ1v) is 25.0. The lowest BCUT2D eigenvalue weighted by molar-refractivity contribution is -1.09. The molecule has 0 radical (unpaired) electrons. The van der Waals surface area contributed by atoms with Crippen LogP contribution in [0.3, 0.4) is 0 Å². The minimum absolute atomic E-state index is 0.0168. The number of hydroxylamine groups is 2. The number of phenolic OH excluding ortho intramolecular Hbond substituents is 1. The second kappa shape index (κ2) is 19.4. The molecule has 4 fully saturated rings. The van der Waals surface area contributed by atoms with E-state index in [4.69, 9.17) is 52.1 Å². The summed E-state index contributed by atoms with van der Waals surface area (Å²) < 4.78 is 67.9. The number of hydrogen-bond acceptors (Lipinski definition) is 23. The zero-order valence-electron chi connectivity index (χ0n) is 44.2. The topological polar surface area (TPSA) is 328 Å². The molecule has 4 saturated heterocycles. The normalized spacial score (nSPS) is 45.8. The van der Waals surface area contributed by atoms with Crippen LogP contribution in [0, 0.1) is 5.21 Å². The number of aliphatic hydroxyl groups is 6. The Labute approximate surface area is 433 Å². The van der Waals surface area contributed by atoms with E-state index in [1.807, 2.05) is 0 Å². The Bertz CT molecular complexity index is 2540.